The van der Waals surface area contributed by atoms with Crippen LogP contribution in [-0.4, -0.2) is 14.2 Å². The molecule has 0 amide bonds. The normalized spacial score (nSPS) is 9.20. The van der Waals surface area contributed by atoms with Crippen LogP contribution in [-0.2, 0) is 9.84 Å². The highest BCUT2D eigenvalue weighted by molar-refractivity contribution is 7.94. The van der Waals surface area contributed by atoms with Crippen LogP contribution in [0, 0.1) is 11.8 Å². The van der Waals surface area contributed by atoms with E-state index < -0.39 is 9.84 Å². The number of allylic oxidation sites excluding steroid dienone is 3. The summed E-state index contributed by atoms with van der Waals surface area (Å²) in [6, 6.07) is 0. The van der Waals surface area contributed by atoms with Crippen LogP contribution in [0.2, 0.25) is 0 Å². The molecule has 0 fully saturated rings. The zero-order chi connectivity index (χ0) is 11.9. The van der Waals surface area contributed by atoms with Crippen LogP contribution in [0.15, 0.2) is 41.5 Å². The Bertz CT molecular complexity index is 475. The first kappa shape index (κ1) is 13.5. The third kappa shape index (κ3) is 8.83. The van der Waals surface area contributed by atoms with E-state index in [-0.39, 0.29) is 5.75 Å². The van der Waals surface area contributed by atoms with Crippen LogP contribution in [0.3, 0.4) is 0 Å². The van der Waals surface area contributed by atoms with E-state index in [0.29, 0.717) is 5.57 Å². The van der Waals surface area contributed by atoms with Gasteiger partial charge < -0.3 is 0 Å². The maximum Gasteiger partial charge on any atom is 0.190 e. The predicted octanol–water partition coefficient (Wildman–Crippen LogP) is 2.23. The molecule has 0 atom stereocenters. The van der Waals surface area contributed by atoms with Crippen LogP contribution >= 0.6 is 0 Å². The Balaban J connectivity index is 4.62. The minimum atomic E-state index is -3.30. The molecule has 80 valence electrons. The SMILES string of the molecule is C=C(C)C#CCS(=O)(=O)C=C=CC(=C)C. The highest BCUT2D eigenvalue weighted by Gasteiger charge is 2.01. The molecule has 0 aromatic heterocycles. The first-order valence-corrected chi connectivity index (χ1v) is 6.00. The van der Waals surface area contributed by atoms with Gasteiger partial charge in [0.25, 0.3) is 0 Å². The average molecular weight is 222 g/mol. The molecule has 0 aromatic rings. The Morgan fingerprint density at radius 1 is 1.33 bits per heavy atom. The van der Waals surface area contributed by atoms with Crippen molar-refractivity contribution in [3.05, 3.63) is 41.5 Å². The summed E-state index contributed by atoms with van der Waals surface area (Å²) < 4.78 is 22.6. The van der Waals surface area contributed by atoms with Gasteiger partial charge in [-0.05, 0) is 25.5 Å². The predicted molar refractivity (Wildman–Crippen MR) is 63.8 cm³/mol. The van der Waals surface area contributed by atoms with E-state index in [1.165, 1.54) is 6.08 Å². The largest absolute Gasteiger partial charge is 0.223 e. The average Bonchev–Trinajstić information content (AvgIpc) is 2.01. The lowest BCUT2D eigenvalue weighted by Gasteiger charge is -1.87. The molecule has 0 radical (unpaired) electrons. The Kier molecular flexibility index (Phi) is 5.48. The fourth-order valence-electron chi connectivity index (χ4n) is 0.609. The van der Waals surface area contributed by atoms with Gasteiger partial charge >= 0.3 is 0 Å². The van der Waals surface area contributed by atoms with Crippen LogP contribution < -0.4 is 0 Å². The molecular weight excluding hydrogens is 208 g/mol. The second kappa shape index (κ2) is 6.08. The van der Waals surface area contributed by atoms with Crippen LogP contribution in [0.5, 0.6) is 0 Å². The summed E-state index contributed by atoms with van der Waals surface area (Å²) in [6.45, 7) is 10.6. The molecule has 2 nitrogen and oxygen atoms in total. The highest BCUT2D eigenvalue weighted by atomic mass is 32.2. The van der Waals surface area contributed by atoms with Crippen LogP contribution in [0.4, 0.5) is 0 Å². The molecule has 0 unspecified atom stereocenters. The number of sulfone groups is 1. The summed E-state index contributed by atoms with van der Waals surface area (Å²) in [5.74, 6) is 4.91. The van der Waals surface area contributed by atoms with Crippen molar-refractivity contribution in [1.29, 1.82) is 0 Å². The number of hydrogen-bond acceptors (Lipinski definition) is 2. The molecule has 0 saturated carbocycles. The second-order valence-corrected chi connectivity index (χ2v) is 5.01. The fourth-order valence-corrected chi connectivity index (χ4v) is 1.24. The smallest absolute Gasteiger partial charge is 0.190 e. The topological polar surface area (TPSA) is 34.1 Å². The van der Waals surface area contributed by atoms with Gasteiger partial charge in [0.05, 0.1) is 5.41 Å². The summed E-state index contributed by atoms with van der Waals surface area (Å²) in [5, 5.41) is 1.01. The Hall–Kier alpha value is -1.49. The van der Waals surface area contributed by atoms with Gasteiger partial charge in [-0.15, -0.1) is 5.73 Å². The molecule has 0 aliphatic heterocycles. The first-order valence-electron chi connectivity index (χ1n) is 4.28. The molecule has 0 aliphatic rings. The van der Waals surface area contributed by atoms with Gasteiger partial charge in [0.1, 0.15) is 5.75 Å². The monoisotopic (exact) mass is 222 g/mol. The lowest BCUT2D eigenvalue weighted by molar-refractivity contribution is 0.608. The van der Waals surface area contributed by atoms with E-state index >= 15 is 0 Å². The van der Waals surface area contributed by atoms with Crippen molar-refractivity contribution in [2.75, 3.05) is 5.75 Å². The van der Waals surface area contributed by atoms with Gasteiger partial charge in [0.2, 0.25) is 0 Å². The Morgan fingerprint density at radius 3 is 2.40 bits per heavy atom. The Labute approximate surface area is 91.6 Å². The van der Waals surface area contributed by atoms with Crippen molar-refractivity contribution in [2.24, 2.45) is 0 Å². The third-order valence-corrected chi connectivity index (χ3v) is 2.19. The van der Waals surface area contributed by atoms with Gasteiger partial charge in [-0.2, -0.15) is 0 Å². The lowest BCUT2D eigenvalue weighted by Crippen LogP contribution is -1.98. The van der Waals surface area contributed by atoms with Crippen molar-refractivity contribution < 1.29 is 8.42 Å². The lowest BCUT2D eigenvalue weighted by atomic mass is 10.3. The zero-order valence-corrected chi connectivity index (χ0v) is 9.82. The third-order valence-electron chi connectivity index (χ3n) is 1.15. The van der Waals surface area contributed by atoms with E-state index in [9.17, 15) is 8.42 Å². The van der Waals surface area contributed by atoms with E-state index in [0.717, 1.165) is 11.0 Å². The van der Waals surface area contributed by atoms with Crippen LogP contribution in [0.1, 0.15) is 13.8 Å². The Morgan fingerprint density at radius 2 is 1.93 bits per heavy atom. The number of hydrogen-bond donors (Lipinski definition) is 0. The summed E-state index contributed by atoms with van der Waals surface area (Å²) in [4.78, 5) is 0. The fraction of sp³-hybridized carbons (Fsp3) is 0.250. The maximum absolute atomic E-state index is 11.3. The second-order valence-electron chi connectivity index (χ2n) is 3.16. The summed E-state index contributed by atoms with van der Waals surface area (Å²) in [6.07, 6.45) is 1.50. The maximum atomic E-state index is 11.3. The molecule has 0 saturated heterocycles. The summed E-state index contributed by atoms with van der Waals surface area (Å²) >= 11 is 0. The van der Waals surface area contributed by atoms with E-state index in [4.69, 9.17) is 0 Å². The molecule has 0 bridgehead atoms. The number of rotatable bonds is 3. The highest BCUT2D eigenvalue weighted by Crippen LogP contribution is 1.93. The first-order chi connectivity index (χ1) is 6.83. The van der Waals surface area contributed by atoms with Gasteiger partial charge in [-0.1, -0.05) is 30.6 Å². The molecule has 0 spiro atoms. The van der Waals surface area contributed by atoms with Crippen molar-refractivity contribution in [3.8, 4) is 11.8 Å². The molecule has 0 aliphatic carbocycles. The summed E-state index contributed by atoms with van der Waals surface area (Å²) in [5.41, 5.74) is 3.93. The zero-order valence-electron chi connectivity index (χ0n) is 9.00. The van der Waals surface area contributed by atoms with Gasteiger partial charge in [0, 0.05) is 0 Å². The summed E-state index contributed by atoms with van der Waals surface area (Å²) in [7, 11) is -3.30. The van der Waals surface area contributed by atoms with E-state index in [1.807, 2.05) is 0 Å². The molecule has 0 heterocycles. The van der Waals surface area contributed by atoms with Crippen molar-refractivity contribution in [2.45, 2.75) is 13.8 Å². The van der Waals surface area contributed by atoms with Crippen LogP contribution in [0.25, 0.3) is 0 Å². The van der Waals surface area contributed by atoms with Gasteiger partial charge in [-0.3, -0.25) is 0 Å². The molecule has 0 N–H and O–H groups in total. The van der Waals surface area contributed by atoms with E-state index in [2.05, 4.69) is 30.7 Å². The van der Waals surface area contributed by atoms with Gasteiger partial charge in [0.15, 0.2) is 9.84 Å². The van der Waals surface area contributed by atoms with Crippen molar-refractivity contribution >= 4 is 9.84 Å². The molecule has 0 aromatic carbocycles. The van der Waals surface area contributed by atoms with E-state index in [1.54, 1.807) is 13.8 Å². The van der Waals surface area contributed by atoms with Gasteiger partial charge in [-0.25, -0.2) is 8.42 Å². The quantitative estimate of drug-likeness (QED) is 0.417. The molecule has 3 heteroatoms. The molecular formula is C12H14O2S. The van der Waals surface area contributed by atoms with Crippen molar-refractivity contribution in [1.82, 2.24) is 0 Å². The molecule has 15 heavy (non-hydrogen) atoms. The minimum Gasteiger partial charge on any atom is -0.223 e. The van der Waals surface area contributed by atoms with Crippen molar-refractivity contribution in [3.63, 3.8) is 0 Å². The standard InChI is InChI=1S/C12H14O2S/c1-11(2)7-5-9-15(13,14)10-6-8-12(3)4/h7,9H,1,3,10H2,2,4H3. The minimum absolute atomic E-state index is 0.211. The molecule has 0 rings (SSSR count).